The number of sulfonamides is 1. The molecule has 1 heterocycles. The molecule has 1 aromatic rings. The third-order valence-electron chi connectivity index (χ3n) is 2.73. The van der Waals surface area contributed by atoms with Crippen molar-refractivity contribution in [1.82, 2.24) is 4.72 Å². The largest absolute Gasteiger partial charge is 0.388 e. The van der Waals surface area contributed by atoms with Gasteiger partial charge < -0.3 is 5.11 Å². The van der Waals surface area contributed by atoms with E-state index in [4.69, 9.17) is 0 Å². The Morgan fingerprint density at radius 3 is 2.76 bits per heavy atom. The molecular formula is C11H17NO3S2. The fourth-order valence-electron chi connectivity index (χ4n) is 1.57. The van der Waals surface area contributed by atoms with Crippen molar-refractivity contribution in [3.8, 4) is 0 Å². The van der Waals surface area contributed by atoms with Crippen LogP contribution in [0.2, 0.25) is 0 Å². The molecule has 0 aromatic carbocycles. The molecule has 1 fully saturated rings. The summed E-state index contributed by atoms with van der Waals surface area (Å²) in [7, 11) is -3.06. The third kappa shape index (κ3) is 3.51. The van der Waals surface area contributed by atoms with Crippen LogP contribution in [0.4, 0.5) is 0 Å². The Bertz CT molecular complexity index is 475. The van der Waals surface area contributed by atoms with Gasteiger partial charge in [-0.15, -0.1) is 11.3 Å². The van der Waals surface area contributed by atoms with E-state index in [1.807, 2.05) is 12.1 Å². The van der Waals surface area contributed by atoms with E-state index in [0.29, 0.717) is 13.0 Å². The Morgan fingerprint density at radius 2 is 2.24 bits per heavy atom. The fourth-order valence-corrected chi connectivity index (χ4v) is 3.89. The number of thiophene rings is 1. The predicted molar refractivity (Wildman–Crippen MR) is 68.6 cm³/mol. The van der Waals surface area contributed by atoms with Gasteiger partial charge in [0.25, 0.3) is 0 Å². The average molecular weight is 275 g/mol. The molecule has 0 spiro atoms. The minimum absolute atomic E-state index is 0.154. The summed E-state index contributed by atoms with van der Waals surface area (Å²) in [6.45, 7) is 2.17. The summed E-state index contributed by atoms with van der Waals surface area (Å²) < 4.78 is 25.7. The first-order chi connectivity index (χ1) is 7.99. The quantitative estimate of drug-likeness (QED) is 0.825. The van der Waals surface area contributed by atoms with Gasteiger partial charge in [-0.25, -0.2) is 13.1 Å². The normalized spacial score (nSPS) is 18.2. The topological polar surface area (TPSA) is 66.4 Å². The van der Waals surface area contributed by atoms with Gasteiger partial charge in [0.2, 0.25) is 10.0 Å². The molecule has 1 unspecified atom stereocenters. The zero-order valence-corrected chi connectivity index (χ0v) is 11.4. The minimum atomic E-state index is -3.06. The van der Waals surface area contributed by atoms with Crippen molar-refractivity contribution >= 4 is 21.4 Å². The highest BCUT2D eigenvalue weighted by atomic mass is 32.2. The Labute approximate surface area is 106 Å². The number of hydrogen-bond acceptors (Lipinski definition) is 4. The molecule has 0 bridgehead atoms. The predicted octanol–water partition coefficient (Wildman–Crippen LogP) is 1.43. The molecule has 1 saturated carbocycles. The molecular weight excluding hydrogens is 258 g/mol. The first-order valence-electron chi connectivity index (χ1n) is 5.74. The number of aliphatic hydroxyl groups excluding tert-OH is 1. The lowest BCUT2D eigenvalue weighted by atomic mass is 10.3. The monoisotopic (exact) mass is 275 g/mol. The number of aliphatic hydroxyl groups is 1. The highest BCUT2D eigenvalue weighted by Gasteiger charge is 2.35. The molecule has 1 aromatic heterocycles. The van der Waals surface area contributed by atoms with Gasteiger partial charge in [0, 0.05) is 16.3 Å². The van der Waals surface area contributed by atoms with Crippen molar-refractivity contribution in [3.63, 3.8) is 0 Å². The van der Waals surface area contributed by atoms with E-state index in [1.165, 1.54) is 11.3 Å². The summed E-state index contributed by atoms with van der Waals surface area (Å²) in [5.41, 5.74) is 0. The van der Waals surface area contributed by atoms with Crippen LogP contribution >= 0.6 is 11.3 Å². The zero-order valence-electron chi connectivity index (χ0n) is 9.72. The van der Waals surface area contributed by atoms with Crippen LogP contribution in [-0.4, -0.2) is 25.3 Å². The van der Waals surface area contributed by atoms with E-state index in [0.717, 1.165) is 22.6 Å². The maximum Gasteiger partial charge on any atom is 0.214 e. The second-order valence-corrected chi connectivity index (χ2v) is 7.61. The number of hydrogen-bond donors (Lipinski definition) is 2. The van der Waals surface area contributed by atoms with E-state index in [-0.39, 0.29) is 5.25 Å². The maximum absolute atomic E-state index is 11.5. The van der Waals surface area contributed by atoms with Crippen molar-refractivity contribution in [2.75, 3.05) is 6.54 Å². The Hall–Kier alpha value is -0.430. The maximum atomic E-state index is 11.5. The van der Waals surface area contributed by atoms with Gasteiger partial charge in [-0.2, -0.15) is 0 Å². The van der Waals surface area contributed by atoms with Gasteiger partial charge in [0.15, 0.2) is 0 Å². The van der Waals surface area contributed by atoms with Crippen LogP contribution < -0.4 is 4.72 Å². The fraction of sp³-hybridized carbons (Fsp3) is 0.636. The van der Waals surface area contributed by atoms with E-state index in [2.05, 4.69) is 4.72 Å². The lowest BCUT2D eigenvalue weighted by molar-refractivity contribution is 0.203. The molecule has 2 N–H and O–H groups in total. The summed E-state index contributed by atoms with van der Waals surface area (Å²) in [4.78, 5) is 2.02. The molecule has 0 amide bonds. The Kier molecular flexibility index (Phi) is 3.87. The second kappa shape index (κ2) is 5.06. The van der Waals surface area contributed by atoms with E-state index in [1.54, 1.807) is 6.92 Å². The second-order valence-electron chi connectivity index (χ2n) is 4.37. The van der Waals surface area contributed by atoms with Crippen LogP contribution in [0.5, 0.6) is 0 Å². The van der Waals surface area contributed by atoms with Crippen molar-refractivity contribution in [3.05, 3.63) is 21.9 Å². The third-order valence-corrected chi connectivity index (χ3v) is 6.00. The summed E-state index contributed by atoms with van der Waals surface area (Å²) in [5, 5.41) is 9.22. The van der Waals surface area contributed by atoms with Crippen molar-refractivity contribution in [1.29, 1.82) is 0 Å². The molecule has 6 heteroatoms. The average Bonchev–Trinajstić information content (AvgIpc) is 3.00. The standard InChI is InChI=1S/C11H17NO3S2/c1-8(13)11-5-2-9(16-11)6-7-12-17(14,15)10-3-4-10/h2,5,8,10,12-13H,3-4,6-7H2,1H3. The zero-order chi connectivity index (χ0) is 12.5. The molecule has 0 saturated heterocycles. The van der Waals surface area contributed by atoms with Crippen LogP contribution in [0, 0.1) is 0 Å². The molecule has 0 radical (unpaired) electrons. The first kappa shape index (κ1) is 13.0. The van der Waals surface area contributed by atoms with Crippen LogP contribution in [0.15, 0.2) is 12.1 Å². The summed E-state index contributed by atoms with van der Waals surface area (Å²) >= 11 is 1.53. The first-order valence-corrected chi connectivity index (χ1v) is 8.10. The summed E-state index contributed by atoms with van der Waals surface area (Å²) in [5.74, 6) is 0. The van der Waals surface area contributed by atoms with Crippen LogP contribution in [0.25, 0.3) is 0 Å². The molecule has 1 atom stereocenters. The molecule has 17 heavy (non-hydrogen) atoms. The highest BCUT2D eigenvalue weighted by Crippen LogP contribution is 2.27. The van der Waals surface area contributed by atoms with E-state index < -0.39 is 16.1 Å². The van der Waals surface area contributed by atoms with Gasteiger partial charge in [-0.1, -0.05) is 0 Å². The summed E-state index contributed by atoms with van der Waals surface area (Å²) in [6.07, 6.45) is 1.82. The summed E-state index contributed by atoms with van der Waals surface area (Å²) in [6, 6.07) is 3.83. The molecule has 1 aliphatic rings. The van der Waals surface area contributed by atoms with Gasteiger partial charge in [-0.05, 0) is 38.3 Å². The Balaban J connectivity index is 1.81. The lowest BCUT2D eigenvalue weighted by Gasteiger charge is -2.03. The van der Waals surface area contributed by atoms with Crippen molar-refractivity contribution < 1.29 is 13.5 Å². The smallest absolute Gasteiger partial charge is 0.214 e. The number of nitrogens with one attached hydrogen (secondary N) is 1. The van der Waals surface area contributed by atoms with E-state index in [9.17, 15) is 13.5 Å². The highest BCUT2D eigenvalue weighted by molar-refractivity contribution is 7.90. The molecule has 96 valence electrons. The molecule has 2 rings (SSSR count). The van der Waals surface area contributed by atoms with Gasteiger partial charge in [0.05, 0.1) is 11.4 Å². The lowest BCUT2D eigenvalue weighted by Crippen LogP contribution is -2.28. The van der Waals surface area contributed by atoms with Crippen LogP contribution in [0.1, 0.15) is 35.6 Å². The van der Waals surface area contributed by atoms with Crippen LogP contribution in [-0.2, 0) is 16.4 Å². The van der Waals surface area contributed by atoms with Gasteiger partial charge >= 0.3 is 0 Å². The van der Waals surface area contributed by atoms with Crippen molar-refractivity contribution in [2.24, 2.45) is 0 Å². The molecule has 0 aliphatic heterocycles. The SMILES string of the molecule is CC(O)c1ccc(CCNS(=O)(=O)C2CC2)s1. The van der Waals surface area contributed by atoms with Crippen LogP contribution in [0.3, 0.4) is 0 Å². The molecule has 4 nitrogen and oxygen atoms in total. The van der Waals surface area contributed by atoms with Gasteiger partial charge in [-0.3, -0.25) is 0 Å². The minimum Gasteiger partial charge on any atom is -0.388 e. The van der Waals surface area contributed by atoms with Gasteiger partial charge in [0.1, 0.15) is 0 Å². The number of rotatable bonds is 6. The molecule has 1 aliphatic carbocycles. The van der Waals surface area contributed by atoms with E-state index >= 15 is 0 Å². The van der Waals surface area contributed by atoms with Crippen molar-refractivity contribution in [2.45, 2.75) is 37.5 Å². The Morgan fingerprint density at radius 1 is 1.53 bits per heavy atom.